The smallest absolute Gasteiger partial charge is 0.134 e. The highest BCUT2D eigenvalue weighted by molar-refractivity contribution is 9.10. The highest BCUT2D eigenvalue weighted by atomic mass is 79.9. The van der Waals surface area contributed by atoms with E-state index in [1.165, 1.54) is 5.56 Å². The number of hydrogen-bond acceptors (Lipinski definition) is 3. The lowest BCUT2D eigenvalue weighted by molar-refractivity contribution is 0.181. The molecule has 0 aliphatic carbocycles. The molecule has 0 spiro atoms. The molecule has 3 rings (SSSR count). The topological polar surface area (TPSA) is 25.6 Å². The van der Waals surface area contributed by atoms with E-state index < -0.39 is 0 Å². The van der Waals surface area contributed by atoms with Crippen molar-refractivity contribution in [3.63, 3.8) is 0 Å². The molecule has 0 saturated heterocycles. The van der Waals surface area contributed by atoms with Gasteiger partial charge in [-0.1, -0.05) is 12.1 Å². The minimum Gasteiger partial charge on any atom is -0.484 e. The molecule has 0 fully saturated rings. The Labute approximate surface area is 121 Å². The van der Waals surface area contributed by atoms with Crippen LogP contribution in [0.5, 0.6) is 5.75 Å². The molecule has 4 heteroatoms. The minimum absolute atomic E-state index is 0.0531. The zero-order valence-corrected chi connectivity index (χ0v) is 12.4. The van der Waals surface area contributed by atoms with Crippen molar-refractivity contribution in [2.75, 3.05) is 13.6 Å². The summed E-state index contributed by atoms with van der Waals surface area (Å²) in [6, 6.07) is 9.98. The molecule has 0 amide bonds. The predicted molar refractivity (Wildman–Crippen MR) is 77.2 cm³/mol. The Bertz CT molecular complexity index is 567. The van der Waals surface area contributed by atoms with Crippen LogP contribution in [0.1, 0.15) is 23.8 Å². The lowest BCUT2D eigenvalue weighted by Gasteiger charge is -2.18. The predicted octanol–water partition coefficient (Wildman–Crippen LogP) is 4.00. The first-order valence-corrected chi connectivity index (χ1v) is 7.19. The first-order chi connectivity index (χ1) is 9.24. The van der Waals surface area contributed by atoms with Crippen molar-refractivity contribution in [2.45, 2.75) is 19.1 Å². The molecule has 19 heavy (non-hydrogen) atoms. The monoisotopic (exact) mass is 321 g/mol. The summed E-state index contributed by atoms with van der Waals surface area (Å²) in [6.45, 7) is 1.84. The van der Waals surface area contributed by atoms with Crippen LogP contribution in [0.3, 0.4) is 0 Å². The summed E-state index contributed by atoms with van der Waals surface area (Å²) in [4.78, 5) is 2.26. The fraction of sp³-hybridized carbons (Fsp3) is 0.333. The number of fused-ring (bicyclic) bond motifs is 1. The number of para-hydroxylation sites is 1. The molecular formula is C15H16BrNO2. The SMILES string of the molecule is CN1CCC(Oc2ccccc2Br)c2ccoc2C1. The molecule has 2 heterocycles. The Morgan fingerprint density at radius 3 is 3.00 bits per heavy atom. The van der Waals surface area contributed by atoms with Crippen molar-refractivity contribution >= 4 is 15.9 Å². The van der Waals surface area contributed by atoms with Gasteiger partial charge in [0, 0.05) is 18.5 Å². The fourth-order valence-corrected chi connectivity index (χ4v) is 2.78. The number of furan rings is 1. The van der Waals surface area contributed by atoms with E-state index in [4.69, 9.17) is 9.15 Å². The summed E-state index contributed by atoms with van der Waals surface area (Å²) >= 11 is 3.53. The van der Waals surface area contributed by atoms with Crippen LogP contribution in [0.25, 0.3) is 0 Å². The largest absolute Gasteiger partial charge is 0.484 e. The van der Waals surface area contributed by atoms with Crippen LogP contribution in [0.15, 0.2) is 45.5 Å². The van der Waals surface area contributed by atoms with Crippen molar-refractivity contribution < 1.29 is 9.15 Å². The Morgan fingerprint density at radius 2 is 2.16 bits per heavy atom. The molecule has 1 unspecified atom stereocenters. The van der Waals surface area contributed by atoms with Crippen molar-refractivity contribution in [1.82, 2.24) is 4.90 Å². The molecule has 2 aromatic rings. The van der Waals surface area contributed by atoms with Crippen LogP contribution in [0, 0.1) is 0 Å². The number of rotatable bonds is 2. The van der Waals surface area contributed by atoms with Gasteiger partial charge < -0.3 is 9.15 Å². The van der Waals surface area contributed by atoms with Crippen LogP contribution in [-0.2, 0) is 6.54 Å². The lowest BCUT2D eigenvalue weighted by Crippen LogP contribution is -2.18. The second-order valence-electron chi connectivity index (χ2n) is 4.86. The highest BCUT2D eigenvalue weighted by Crippen LogP contribution is 2.34. The molecule has 1 atom stereocenters. The number of hydrogen-bond donors (Lipinski definition) is 0. The summed E-state index contributed by atoms with van der Waals surface area (Å²) in [5.41, 5.74) is 1.17. The van der Waals surface area contributed by atoms with Gasteiger partial charge in [-0.2, -0.15) is 0 Å². The maximum atomic E-state index is 6.17. The zero-order valence-electron chi connectivity index (χ0n) is 10.8. The fourth-order valence-electron chi connectivity index (χ4n) is 2.40. The van der Waals surface area contributed by atoms with Crippen molar-refractivity contribution in [3.05, 3.63) is 52.4 Å². The van der Waals surface area contributed by atoms with Gasteiger partial charge in [-0.3, -0.25) is 4.90 Å². The van der Waals surface area contributed by atoms with E-state index in [1.807, 2.05) is 30.3 Å². The van der Waals surface area contributed by atoms with Gasteiger partial charge in [-0.25, -0.2) is 0 Å². The van der Waals surface area contributed by atoms with Gasteiger partial charge in [0.1, 0.15) is 17.6 Å². The summed E-state index contributed by atoms with van der Waals surface area (Å²) in [6.07, 6.45) is 2.77. The van der Waals surface area contributed by atoms with E-state index in [1.54, 1.807) is 6.26 Å². The molecule has 3 nitrogen and oxygen atoms in total. The molecule has 1 aliphatic heterocycles. The van der Waals surface area contributed by atoms with Gasteiger partial charge in [0.25, 0.3) is 0 Å². The summed E-state index contributed by atoms with van der Waals surface area (Å²) in [7, 11) is 2.10. The normalized spacial score (nSPS) is 19.8. The van der Waals surface area contributed by atoms with Crippen molar-refractivity contribution in [1.29, 1.82) is 0 Å². The number of halogens is 1. The summed E-state index contributed by atoms with van der Waals surface area (Å²) < 4.78 is 12.7. The molecule has 0 radical (unpaired) electrons. The molecule has 0 bridgehead atoms. The van der Waals surface area contributed by atoms with E-state index in [2.05, 4.69) is 27.9 Å². The molecule has 1 aromatic carbocycles. The number of ether oxygens (including phenoxy) is 1. The Balaban J connectivity index is 1.88. The van der Waals surface area contributed by atoms with E-state index in [0.717, 1.165) is 35.5 Å². The first kappa shape index (κ1) is 12.8. The summed E-state index contributed by atoms with van der Waals surface area (Å²) in [5, 5.41) is 0. The van der Waals surface area contributed by atoms with Crippen LogP contribution in [-0.4, -0.2) is 18.5 Å². The van der Waals surface area contributed by atoms with Crippen molar-refractivity contribution in [2.24, 2.45) is 0 Å². The molecule has 1 aliphatic rings. The molecule has 0 saturated carbocycles. The maximum absolute atomic E-state index is 6.17. The second kappa shape index (κ2) is 5.39. The summed E-state index contributed by atoms with van der Waals surface area (Å²) in [5.74, 6) is 1.89. The average molecular weight is 322 g/mol. The van der Waals surface area contributed by atoms with Gasteiger partial charge in [-0.15, -0.1) is 0 Å². The zero-order chi connectivity index (χ0) is 13.2. The molecular weight excluding hydrogens is 306 g/mol. The number of nitrogens with zero attached hydrogens (tertiary/aromatic N) is 1. The van der Waals surface area contributed by atoms with Crippen LogP contribution >= 0.6 is 15.9 Å². The van der Waals surface area contributed by atoms with Crippen LogP contribution in [0.2, 0.25) is 0 Å². The maximum Gasteiger partial charge on any atom is 0.134 e. The number of benzene rings is 1. The lowest BCUT2D eigenvalue weighted by atomic mass is 10.1. The van der Waals surface area contributed by atoms with Crippen molar-refractivity contribution in [3.8, 4) is 5.75 Å². The van der Waals surface area contributed by atoms with Gasteiger partial charge in [-0.05, 0) is 41.2 Å². The third-order valence-electron chi connectivity index (χ3n) is 3.42. The Kier molecular flexibility index (Phi) is 3.62. The molecule has 0 N–H and O–H groups in total. The second-order valence-corrected chi connectivity index (χ2v) is 5.72. The average Bonchev–Trinajstić information content (AvgIpc) is 2.79. The van der Waals surface area contributed by atoms with E-state index in [0.29, 0.717) is 0 Å². The molecule has 1 aromatic heterocycles. The van der Waals surface area contributed by atoms with Crippen LogP contribution in [0.4, 0.5) is 0 Å². The van der Waals surface area contributed by atoms with Gasteiger partial charge >= 0.3 is 0 Å². The Hall–Kier alpha value is -1.26. The van der Waals surface area contributed by atoms with Gasteiger partial charge in [0.2, 0.25) is 0 Å². The van der Waals surface area contributed by atoms with Gasteiger partial charge in [0.05, 0.1) is 17.3 Å². The third-order valence-corrected chi connectivity index (χ3v) is 4.07. The highest BCUT2D eigenvalue weighted by Gasteiger charge is 2.25. The quantitative estimate of drug-likeness (QED) is 0.836. The van der Waals surface area contributed by atoms with E-state index in [9.17, 15) is 0 Å². The minimum atomic E-state index is 0.0531. The van der Waals surface area contributed by atoms with E-state index in [-0.39, 0.29) is 6.10 Å². The van der Waals surface area contributed by atoms with Crippen LogP contribution < -0.4 is 4.74 Å². The first-order valence-electron chi connectivity index (χ1n) is 6.40. The third kappa shape index (κ3) is 2.69. The molecule has 100 valence electrons. The standard InChI is InChI=1S/C15H16BrNO2/c1-17-8-6-13(11-7-9-18-15(11)10-17)19-14-5-3-2-4-12(14)16/h2-5,7,9,13H,6,8,10H2,1H3. The van der Waals surface area contributed by atoms with E-state index >= 15 is 0 Å². The Morgan fingerprint density at radius 1 is 1.32 bits per heavy atom. The van der Waals surface area contributed by atoms with Gasteiger partial charge in [0.15, 0.2) is 0 Å².